The Bertz CT molecular complexity index is 1220. The van der Waals surface area contributed by atoms with Crippen LogP contribution in [0.1, 0.15) is 11.4 Å². The Kier molecular flexibility index (Phi) is 5.77. The van der Waals surface area contributed by atoms with Crippen LogP contribution in [0.5, 0.6) is 5.75 Å². The van der Waals surface area contributed by atoms with E-state index in [9.17, 15) is 13.2 Å². The first-order chi connectivity index (χ1) is 15.2. The lowest BCUT2D eigenvalue weighted by Gasteiger charge is -2.11. The van der Waals surface area contributed by atoms with Gasteiger partial charge in [-0.25, -0.2) is 9.97 Å². The predicted molar refractivity (Wildman–Crippen MR) is 117 cm³/mol. The number of anilines is 2. The third kappa shape index (κ3) is 5.40. The molecule has 0 aliphatic heterocycles. The van der Waals surface area contributed by atoms with Gasteiger partial charge in [-0.05, 0) is 49.7 Å². The largest absolute Gasteiger partial charge is 0.573 e. The Morgan fingerprint density at radius 2 is 1.47 bits per heavy atom. The van der Waals surface area contributed by atoms with Gasteiger partial charge in [0.05, 0.1) is 5.69 Å². The molecule has 0 atom stereocenters. The fourth-order valence-corrected chi connectivity index (χ4v) is 3.15. The molecule has 0 aliphatic carbocycles. The smallest absolute Gasteiger partial charge is 0.406 e. The number of nitrogens with one attached hydrogen (secondary N) is 1. The minimum absolute atomic E-state index is 0.290. The lowest BCUT2D eigenvalue weighted by Crippen LogP contribution is -2.16. The van der Waals surface area contributed by atoms with Gasteiger partial charge in [-0.2, -0.15) is 0 Å². The van der Waals surface area contributed by atoms with Crippen LogP contribution in [0.25, 0.3) is 22.4 Å². The Morgan fingerprint density at radius 1 is 0.781 bits per heavy atom. The second kappa shape index (κ2) is 8.66. The molecule has 0 saturated carbocycles. The van der Waals surface area contributed by atoms with Crippen molar-refractivity contribution in [1.29, 1.82) is 0 Å². The number of nitrogens with zero attached hydrogens (tertiary/aromatic N) is 3. The predicted octanol–water partition coefficient (Wildman–Crippen LogP) is 6.46. The third-order valence-corrected chi connectivity index (χ3v) is 4.62. The van der Waals surface area contributed by atoms with E-state index in [0.717, 1.165) is 16.7 Å². The van der Waals surface area contributed by atoms with E-state index in [1.165, 1.54) is 29.8 Å². The van der Waals surface area contributed by atoms with Crippen molar-refractivity contribution in [2.75, 3.05) is 5.32 Å². The van der Waals surface area contributed by atoms with Crippen molar-refractivity contribution < 1.29 is 17.9 Å². The van der Waals surface area contributed by atoms with Crippen molar-refractivity contribution in [1.82, 2.24) is 15.0 Å². The van der Waals surface area contributed by atoms with E-state index in [-0.39, 0.29) is 5.75 Å². The van der Waals surface area contributed by atoms with Crippen molar-refractivity contribution in [2.45, 2.75) is 20.2 Å². The zero-order valence-electron chi connectivity index (χ0n) is 17.3. The molecule has 32 heavy (non-hydrogen) atoms. The van der Waals surface area contributed by atoms with Crippen molar-refractivity contribution in [2.24, 2.45) is 0 Å². The number of hydrogen-bond donors (Lipinski definition) is 1. The van der Waals surface area contributed by atoms with Crippen LogP contribution in [0.2, 0.25) is 0 Å². The number of halogens is 3. The average Bonchev–Trinajstić information content (AvgIpc) is 2.74. The molecule has 4 rings (SSSR count). The summed E-state index contributed by atoms with van der Waals surface area (Å²) in [5.74, 6) is 0.766. The minimum Gasteiger partial charge on any atom is -0.406 e. The maximum absolute atomic E-state index is 12.3. The van der Waals surface area contributed by atoms with Gasteiger partial charge in [-0.15, -0.1) is 13.2 Å². The van der Waals surface area contributed by atoms with E-state index in [1.54, 1.807) is 25.4 Å². The van der Waals surface area contributed by atoms with Crippen LogP contribution >= 0.6 is 0 Å². The number of rotatable bonds is 5. The molecule has 0 amide bonds. The fourth-order valence-electron chi connectivity index (χ4n) is 3.15. The number of benzene rings is 2. The third-order valence-electron chi connectivity index (χ3n) is 4.62. The number of pyridine rings is 1. The standard InChI is InChI=1S/C24H19F3N4O/c1-15-3-5-17(6-4-15)18-11-19(14-28-13-18)22-12-23(30-16(2)29-22)31-20-7-9-21(10-8-20)32-24(25,26)27/h3-14H,1-2H3,(H,29,30,31). The van der Waals surface area contributed by atoms with Crippen molar-refractivity contribution in [3.05, 3.63) is 84.4 Å². The second-order valence-electron chi connectivity index (χ2n) is 7.21. The maximum atomic E-state index is 12.3. The highest BCUT2D eigenvalue weighted by Crippen LogP contribution is 2.28. The van der Waals surface area contributed by atoms with Crippen molar-refractivity contribution in [3.63, 3.8) is 0 Å². The molecule has 0 saturated heterocycles. The molecule has 4 aromatic rings. The van der Waals surface area contributed by atoms with Gasteiger partial charge in [-0.1, -0.05) is 29.8 Å². The lowest BCUT2D eigenvalue weighted by atomic mass is 10.0. The normalized spacial score (nSPS) is 11.3. The SMILES string of the molecule is Cc1ccc(-c2cncc(-c3cc(Nc4ccc(OC(F)(F)F)cc4)nc(C)n3)c2)cc1. The Morgan fingerprint density at radius 3 is 2.16 bits per heavy atom. The second-order valence-corrected chi connectivity index (χ2v) is 7.21. The summed E-state index contributed by atoms with van der Waals surface area (Å²) in [6, 6.07) is 17.4. The summed E-state index contributed by atoms with van der Waals surface area (Å²) in [5.41, 5.74) is 5.26. The first-order valence-electron chi connectivity index (χ1n) is 9.76. The molecular formula is C24H19F3N4O. The van der Waals surface area contributed by atoms with Crippen LogP contribution < -0.4 is 10.1 Å². The zero-order valence-corrected chi connectivity index (χ0v) is 17.3. The molecule has 5 nitrogen and oxygen atoms in total. The molecule has 2 aromatic heterocycles. The van der Waals surface area contributed by atoms with Gasteiger partial charge in [0.1, 0.15) is 17.4 Å². The van der Waals surface area contributed by atoms with Gasteiger partial charge < -0.3 is 10.1 Å². The Labute approximate surface area is 183 Å². The quantitative estimate of drug-likeness (QED) is 0.389. The summed E-state index contributed by atoms with van der Waals surface area (Å²) in [5, 5.41) is 3.09. The van der Waals surface area contributed by atoms with Crippen LogP contribution in [-0.4, -0.2) is 21.3 Å². The van der Waals surface area contributed by atoms with Gasteiger partial charge in [0.2, 0.25) is 0 Å². The summed E-state index contributed by atoms with van der Waals surface area (Å²) in [4.78, 5) is 13.2. The molecule has 8 heteroatoms. The first-order valence-corrected chi connectivity index (χ1v) is 9.76. The van der Waals surface area contributed by atoms with Crippen LogP contribution in [-0.2, 0) is 0 Å². The number of alkyl halides is 3. The van der Waals surface area contributed by atoms with E-state index < -0.39 is 6.36 Å². The monoisotopic (exact) mass is 436 g/mol. The van der Waals surface area contributed by atoms with Crippen LogP contribution in [0.3, 0.4) is 0 Å². The first kappa shape index (κ1) is 21.3. The number of aryl methyl sites for hydroxylation is 2. The highest BCUT2D eigenvalue weighted by molar-refractivity contribution is 5.72. The van der Waals surface area contributed by atoms with Crippen LogP contribution in [0.15, 0.2) is 73.1 Å². The molecule has 2 aromatic carbocycles. The van der Waals surface area contributed by atoms with Gasteiger partial charge in [-0.3, -0.25) is 4.98 Å². The summed E-state index contributed by atoms with van der Waals surface area (Å²) >= 11 is 0. The molecule has 2 heterocycles. The molecule has 1 N–H and O–H groups in total. The molecule has 162 valence electrons. The van der Waals surface area contributed by atoms with Gasteiger partial charge in [0, 0.05) is 35.3 Å². The highest BCUT2D eigenvalue weighted by Gasteiger charge is 2.30. The highest BCUT2D eigenvalue weighted by atomic mass is 19.4. The van der Waals surface area contributed by atoms with Gasteiger partial charge in [0.25, 0.3) is 0 Å². The minimum atomic E-state index is -4.73. The molecule has 0 aliphatic rings. The van der Waals surface area contributed by atoms with Crippen LogP contribution in [0.4, 0.5) is 24.7 Å². The molecule has 0 spiro atoms. The molecule has 0 unspecified atom stereocenters. The van der Waals surface area contributed by atoms with Crippen molar-refractivity contribution in [3.8, 4) is 28.1 Å². The van der Waals surface area contributed by atoms with E-state index in [1.807, 2.05) is 37.3 Å². The number of aromatic nitrogens is 3. The summed E-state index contributed by atoms with van der Waals surface area (Å²) in [6.07, 6.45) is -1.20. The van der Waals surface area contributed by atoms with E-state index >= 15 is 0 Å². The van der Waals surface area contributed by atoms with Gasteiger partial charge >= 0.3 is 6.36 Å². The lowest BCUT2D eigenvalue weighted by molar-refractivity contribution is -0.274. The summed E-state index contributed by atoms with van der Waals surface area (Å²) < 4.78 is 40.9. The number of hydrogen-bond acceptors (Lipinski definition) is 5. The maximum Gasteiger partial charge on any atom is 0.573 e. The number of ether oxygens (including phenoxy) is 1. The molecule has 0 fully saturated rings. The van der Waals surface area contributed by atoms with E-state index in [0.29, 0.717) is 23.0 Å². The molecule has 0 bridgehead atoms. The van der Waals surface area contributed by atoms with E-state index in [4.69, 9.17) is 0 Å². The fraction of sp³-hybridized carbons (Fsp3) is 0.125. The summed E-state index contributed by atoms with van der Waals surface area (Å²) in [6.45, 7) is 3.81. The van der Waals surface area contributed by atoms with E-state index in [2.05, 4.69) is 25.0 Å². The van der Waals surface area contributed by atoms with Gasteiger partial charge in [0.15, 0.2) is 0 Å². The summed E-state index contributed by atoms with van der Waals surface area (Å²) in [7, 11) is 0. The zero-order chi connectivity index (χ0) is 22.7. The molecular weight excluding hydrogens is 417 g/mol. The molecule has 0 radical (unpaired) electrons. The average molecular weight is 436 g/mol. The Hall–Kier alpha value is -3.94. The topological polar surface area (TPSA) is 59.9 Å². The van der Waals surface area contributed by atoms with Crippen LogP contribution in [0, 0.1) is 13.8 Å². The van der Waals surface area contributed by atoms with Crippen molar-refractivity contribution >= 4 is 11.5 Å². The Balaban J connectivity index is 1.58.